The highest BCUT2D eigenvalue weighted by atomic mass is 19.1. The molecule has 2 unspecified atom stereocenters. The first-order valence-electron chi connectivity index (χ1n) is 9.18. The Kier molecular flexibility index (Phi) is 5.96. The first kappa shape index (κ1) is 19.2. The van der Waals surface area contributed by atoms with Crippen molar-refractivity contribution in [1.82, 2.24) is 9.80 Å². The van der Waals surface area contributed by atoms with E-state index in [2.05, 4.69) is 11.8 Å². The molecule has 5 nitrogen and oxygen atoms in total. The number of anilines is 1. The van der Waals surface area contributed by atoms with Crippen LogP contribution in [-0.2, 0) is 11.3 Å². The van der Waals surface area contributed by atoms with Crippen molar-refractivity contribution in [2.24, 2.45) is 0 Å². The third kappa shape index (κ3) is 4.98. The highest BCUT2D eigenvalue weighted by Crippen LogP contribution is 2.19. The van der Waals surface area contributed by atoms with Crippen molar-refractivity contribution < 1.29 is 13.9 Å². The molecule has 0 spiro atoms. The van der Waals surface area contributed by atoms with E-state index < -0.39 is 0 Å². The molecule has 27 heavy (non-hydrogen) atoms. The molecule has 2 N–H and O–H groups in total. The molecule has 1 aliphatic heterocycles. The smallest absolute Gasteiger partial charge is 0.260 e. The summed E-state index contributed by atoms with van der Waals surface area (Å²) in [5.74, 6) is 0.341. The maximum absolute atomic E-state index is 13.1. The van der Waals surface area contributed by atoms with Crippen molar-refractivity contribution in [3.8, 4) is 5.75 Å². The lowest BCUT2D eigenvalue weighted by atomic mass is 10.1. The fourth-order valence-electron chi connectivity index (χ4n) is 3.42. The van der Waals surface area contributed by atoms with E-state index in [4.69, 9.17) is 10.5 Å². The molecule has 2 aromatic carbocycles. The van der Waals surface area contributed by atoms with Crippen molar-refractivity contribution in [2.75, 3.05) is 25.4 Å². The van der Waals surface area contributed by atoms with Crippen molar-refractivity contribution in [3.05, 3.63) is 59.9 Å². The molecule has 6 heteroatoms. The van der Waals surface area contributed by atoms with Gasteiger partial charge in [0, 0.05) is 43.5 Å². The van der Waals surface area contributed by atoms with Crippen molar-refractivity contribution >= 4 is 11.6 Å². The van der Waals surface area contributed by atoms with Crippen LogP contribution >= 0.6 is 0 Å². The Hall–Kier alpha value is -2.60. The van der Waals surface area contributed by atoms with Crippen LogP contribution in [0.15, 0.2) is 48.5 Å². The second-order valence-corrected chi connectivity index (χ2v) is 7.16. The first-order chi connectivity index (χ1) is 12.9. The first-order valence-corrected chi connectivity index (χ1v) is 9.18. The highest BCUT2D eigenvalue weighted by molar-refractivity contribution is 5.78. The molecule has 0 saturated carbocycles. The summed E-state index contributed by atoms with van der Waals surface area (Å²) in [6, 6.07) is 13.9. The third-order valence-electron chi connectivity index (χ3n) is 4.95. The Morgan fingerprint density at radius 2 is 1.89 bits per heavy atom. The van der Waals surface area contributed by atoms with E-state index in [0.717, 1.165) is 18.7 Å². The van der Waals surface area contributed by atoms with Gasteiger partial charge >= 0.3 is 0 Å². The summed E-state index contributed by atoms with van der Waals surface area (Å²) in [7, 11) is 0. The number of nitrogen functional groups attached to an aromatic ring is 1. The lowest BCUT2D eigenvalue weighted by Crippen LogP contribution is -2.58. The number of rotatable bonds is 5. The van der Waals surface area contributed by atoms with Crippen molar-refractivity contribution in [1.29, 1.82) is 0 Å². The van der Waals surface area contributed by atoms with Gasteiger partial charge in [-0.1, -0.05) is 18.2 Å². The average molecular weight is 371 g/mol. The van der Waals surface area contributed by atoms with Gasteiger partial charge in [0.2, 0.25) is 0 Å². The minimum Gasteiger partial charge on any atom is -0.484 e. The zero-order valence-corrected chi connectivity index (χ0v) is 15.8. The van der Waals surface area contributed by atoms with Crippen molar-refractivity contribution in [2.45, 2.75) is 32.5 Å². The molecule has 1 saturated heterocycles. The summed E-state index contributed by atoms with van der Waals surface area (Å²) in [6.45, 7) is 6.30. The molecule has 0 radical (unpaired) electrons. The number of halogens is 1. The van der Waals surface area contributed by atoms with Crippen LogP contribution in [0.4, 0.5) is 10.1 Å². The van der Waals surface area contributed by atoms with Crippen LogP contribution < -0.4 is 10.5 Å². The number of hydrogen-bond acceptors (Lipinski definition) is 4. The Morgan fingerprint density at radius 3 is 2.59 bits per heavy atom. The summed E-state index contributed by atoms with van der Waals surface area (Å²) >= 11 is 0. The van der Waals surface area contributed by atoms with E-state index in [0.29, 0.717) is 18.0 Å². The van der Waals surface area contributed by atoms with E-state index in [1.54, 1.807) is 24.3 Å². The van der Waals surface area contributed by atoms with E-state index in [1.165, 1.54) is 12.1 Å². The van der Waals surface area contributed by atoms with Crippen LogP contribution in [0.25, 0.3) is 0 Å². The normalized spacial score (nSPS) is 20.5. The average Bonchev–Trinajstić information content (AvgIpc) is 2.64. The lowest BCUT2D eigenvalue weighted by Gasteiger charge is -2.44. The van der Waals surface area contributed by atoms with E-state index in [1.807, 2.05) is 24.0 Å². The second kappa shape index (κ2) is 8.39. The molecule has 1 fully saturated rings. The molecule has 1 aliphatic rings. The van der Waals surface area contributed by atoms with Crippen LogP contribution in [0, 0.1) is 5.82 Å². The molecular formula is C21H26FN3O2. The predicted octanol–water partition coefficient (Wildman–Crippen LogP) is 2.91. The van der Waals surface area contributed by atoms with Gasteiger partial charge in [-0.2, -0.15) is 0 Å². The number of ether oxygens (including phenoxy) is 1. The Labute approximate surface area is 159 Å². The Bertz CT molecular complexity index is 781. The van der Waals surface area contributed by atoms with E-state index in [9.17, 15) is 9.18 Å². The SMILES string of the molecule is CC1CN(C(=O)COc2cccc(N)c2)C(C)CN1Cc1ccc(F)cc1. The van der Waals surface area contributed by atoms with Crippen LogP contribution in [0.3, 0.4) is 0 Å². The number of nitrogens with zero attached hydrogens (tertiary/aromatic N) is 2. The zero-order valence-electron chi connectivity index (χ0n) is 15.8. The molecule has 1 heterocycles. The molecular weight excluding hydrogens is 345 g/mol. The quantitative estimate of drug-likeness (QED) is 0.821. The largest absolute Gasteiger partial charge is 0.484 e. The van der Waals surface area contributed by atoms with Gasteiger partial charge in [-0.3, -0.25) is 9.69 Å². The van der Waals surface area contributed by atoms with Gasteiger partial charge in [0.05, 0.1) is 0 Å². The molecule has 1 amide bonds. The van der Waals surface area contributed by atoms with Gasteiger partial charge < -0.3 is 15.4 Å². The van der Waals surface area contributed by atoms with Gasteiger partial charge in [0.1, 0.15) is 11.6 Å². The lowest BCUT2D eigenvalue weighted by molar-refractivity contribution is -0.139. The molecule has 0 bridgehead atoms. The number of carbonyl (C=O) groups is 1. The highest BCUT2D eigenvalue weighted by Gasteiger charge is 2.32. The number of piperazine rings is 1. The van der Waals surface area contributed by atoms with E-state index in [-0.39, 0.29) is 30.4 Å². The number of nitrogens with two attached hydrogens (primary N) is 1. The zero-order chi connectivity index (χ0) is 19.4. The number of amides is 1. The Morgan fingerprint density at radius 1 is 1.15 bits per heavy atom. The van der Waals surface area contributed by atoms with Crippen LogP contribution in [0.5, 0.6) is 5.75 Å². The standard InChI is InChI=1S/C21H26FN3O2/c1-15-12-25(21(26)14-27-20-5-3-4-19(23)10-20)16(2)11-24(15)13-17-6-8-18(22)9-7-17/h3-10,15-16H,11-14,23H2,1-2H3. The summed E-state index contributed by atoms with van der Waals surface area (Å²) in [5, 5.41) is 0. The molecule has 0 aromatic heterocycles. The van der Waals surface area contributed by atoms with Gasteiger partial charge in [-0.25, -0.2) is 4.39 Å². The molecule has 144 valence electrons. The summed E-state index contributed by atoms with van der Waals surface area (Å²) in [5.41, 5.74) is 7.41. The monoisotopic (exact) mass is 371 g/mol. The summed E-state index contributed by atoms with van der Waals surface area (Å²) in [6.07, 6.45) is 0. The molecule has 2 aromatic rings. The predicted molar refractivity (Wildman–Crippen MR) is 104 cm³/mol. The maximum Gasteiger partial charge on any atom is 0.260 e. The number of benzene rings is 2. The molecule has 0 aliphatic carbocycles. The van der Waals surface area contributed by atoms with Crippen LogP contribution in [0.2, 0.25) is 0 Å². The van der Waals surface area contributed by atoms with Crippen LogP contribution in [0.1, 0.15) is 19.4 Å². The van der Waals surface area contributed by atoms with Crippen LogP contribution in [-0.4, -0.2) is 47.5 Å². The van der Waals surface area contributed by atoms with Gasteiger partial charge in [0.25, 0.3) is 5.91 Å². The minimum absolute atomic E-state index is 0.00151. The fraction of sp³-hybridized carbons (Fsp3) is 0.381. The third-order valence-corrected chi connectivity index (χ3v) is 4.95. The van der Waals surface area contributed by atoms with Gasteiger partial charge in [-0.05, 0) is 43.7 Å². The molecule has 2 atom stereocenters. The summed E-state index contributed by atoms with van der Waals surface area (Å²) in [4.78, 5) is 16.8. The van der Waals surface area contributed by atoms with Crippen molar-refractivity contribution in [3.63, 3.8) is 0 Å². The maximum atomic E-state index is 13.1. The van der Waals surface area contributed by atoms with Gasteiger partial charge in [-0.15, -0.1) is 0 Å². The Balaban J connectivity index is 1.55. The molecule has 3 rings (SSSR count). The number of hydrogen-bond donors (Lipinski definition) is 1. The topological polar surface area (TPSA) is 58.8 Å². The van der Waals surface area contributed by atoms with Gasteiger partial charge in [0.15, 0.2) is 6.61 Å². The second-order valence-electron chi connectivity index (χ2n) is 7.16. The minimum atomic E-state index is -0.226. The number of carbonyl (C=O) groups excluding carboxylic acids is 1. The fourth-order valence-corrected chi connectivity index (χ4v) is 3.42. The van der Waals surface area contributed by atoms with E-state index >= 15 is 0 Å². The summed E-state index contributed by atoms with van der Waals surface area (Å²) < 4.78 is 18.7.